The van der Waals surface area contributed by atoms with Crippen molar-refractivity contribution >= 4 is 5.78 Å². The van der Waals surface area contributed by atoms with Crippen LogP contribution in [0.5, 0.6) is 11.5 Å². The summed E-state index contributed by atoms with van der Waals surface area (Å²) in [7, 11) is 0. The molecular weight excluding hydrogens is 438 g/mol. The fourth-order valence-corrected chi connectivity index (χ4v) is 3.51. The molecule has 4 rings (SSSR count). The van der Waals surface area contributed by atoms with Gasteiger partial charge in [-0.25, -0.2) is 8.78 Å². The van der Waals surface area contributed by atoms with E-state index in [1.165, 1.54) is 6.07 Å². The second-order valence-corrected chi connectivity index (χ2v) is 7.67. The average Bonchev–Trinajstić information content (AvgIpc) is 3.31. The highest BCUT2D eigenvalue weighted by Crippen LogP contribution is 2.22. The third-order valence-corrected chi connectivity index (χ3v) is 5.26. The van der Waals surface area contributed by atoms with Crippen LogP contribution in [0.4, 0.5) is 8.78 Å². The van der Waals surface area contributed by atoms with E-state index in [-0.39, 0.29) is 11.3 Å². The zero-order valence-corrected chi connectivity index (χ0v) is 18.7. The highest BCUT2D eigenvalue weighted by molar-refractivity contribution is 5.95. The molecule has 0 fully saturated rings. The zero-order chi connectivity index (χ0) is 23.9. The average molecular weight is 462 g/mol. The molecule has 0 aliphatic carbocycles. The summed E-state index contributed by atoms with van der Waals surface area (Å²) in [5.41, 5.74) is 1.78. The van der Waals surface area contributed by atoms with Crippen LogP contribution in [0.1, 0.15) is 34.1 Å². The van der Waals surface area contributed by atoms with Crippen LogP contribution in [-0.4, -0.2) is 22.2 Å². The number of aromatic nitrogens is 2. The molecule has 0 atom stereocenters. The van der Waals surface area contributed by atoms with Crippen LogP contribution in [0.15, 0.2) is 79.0 Å². The number of benzene rings is 3. The Kier molecular flexibility index (Phi) is 7.32. The largest absolute Gasteiger partial charge is 0.494 e. The quantitative estimate of drug-likeness (QED) is 0.287. The maximum atomic E-state index is 13.9. The van der Waals surface area contributed by atoms with Gasteiger partial charge in [0.05, 0.1) is 13.2 Å². The van der Waals surface area contributed by atoms with Gasteiger partial charge in [0.1, 0.15) is 35.4 Å². The molecule has 0 radical (unpaired) electrons. The third kappa shape index (κ3) is 5.67. The van der Waals surface area contributed by atoms with Crippen LogP contribution >= 0.6 is 0 Å². The number of carbonyl (C=O) groups excluding carboxylic acids is 1. The number of Topliss-reactive ketones (excluding diaryl/α,β-unsaturated/α-hetero) is 1. The van der Waals surface area contributed by atoms with Crippen molar-refractivity contribution in [2.45, 2.75) is 26.5 Å². The zero-order valence-electron chi connectivity index (χ0n) is 18.7. The fraction of sp³-hybridized carbons (Fsp3) is 0.185. The van der Waals surface area contributed by atoms with Crippen LogP contribution in [0, 0.1) is 11.6 Å². The Morgan fingerprint density at radius 2 is 1.65 bits per heavy atom. The van der Waals surface area contributed by atoms with Crippen molar-refractivity contribution in [1.82, 2.24) is 9.78 Å². The lowest BCUT2D eigenvalue weighted by molar-refractivity contribution is 0.0985. The summed E-state index contributed by atoms with van der Waals surface area (Å²) in [4.78, 5) is 12.5. The van der Waals surface area contributed by atoms with Gasteiger partial charge < -0.3 is 9.47 Å². The Bertz CT molecular complexity index is 1250. The molecule has 0 bridgehead atoms. The van der Waals surface area contributed by atoms with Crippen molar-refractivity contribution < 1.29 is 23.0 Å². The molecule has 7 heteroatoms. The van der Waals surface area contributed by atoms with Gasteiger partial charge in [-0.05, 0) is 48.9 Å². The summed E-state index contributed by atoms with van der Waals surface area (Å²) < 4.78 is 40.8. The van der Waals surface area contributed by atoms with E-state index < -0.39 is 23.8 Å². The number of carbonyl (C=O) groups is 1. The van der Waals surface area contributed by atoms with E-state index in [0.29, 0.717) is 25.5 Å². The van der Waals surface area contributed by atoms with Crippen LogP contribution in [0.25, 0.3) is 0 Å². The summed E-state index contributed by atoms with van der Waals surface area (Å²) in [6, 6.07) is 20.4. The number of ketones is 1. The summed E-state index contributed by atoms with van der Waals surface area (Å²) in [5, 5.41) is 4.30. The lowest BCUT2D eigenvalue weighted by Gasteiger charge is -2.12. The van der Waals surface area contributed by atoms with Gasteiger partial charge in [0.25, 0.3) is 0 Å². The molecule has 0 aliphatic heterocycles. The monoisotopic (exact) mass is 462 g/mol. The molecule has 0 saturated carbocycles. The molecule has 0 spiro atoms. The van der Waals surface area contributed by atoms with E-state index in [1.54, 1.807) is 16.9 Å². The number of halogens is 2. The molecule has 0 saturated heterocycles. The number of hydrogen-bond donors (Lipinski definition) is 0. The molecular formula is C27H24F2N2O3. The number of rotatable bonds is 10. The van der Waals surface area contributed by atoms with E-state index in [0.717, 1.165) is 29.0 Å². The Balaban J connectivity index is 1.41. The molecule has 174 valence electrons. The lowest BCUT2D eigenvalue weighted by Crippen LogP contribution is -2.10. The van der Waals surface area contributed by atoms with Gasteiger partial charge in [-0.2, -0.15) is 5.10 Å². The lowest BCUT2D eigenvalue weighted by atomic mass is 10.1. The maximum Gasteiger partial charge on any atom is 0.187 e. The Morgan fingerprint density at radius 1 is 0.912 bits per heavy atom. The Labute approximate surface area is 196 Å². The van der Waals surface area contributed by atoms with Crippen molar-refractivity contribution in [3.63, 3.8) is 0 Å². The molecule has 4 aromatic rings. The first-order chi connectivity index (χ1) is 16.5. The van der Waals surface area contributed by atoms with E-state index in [1.807, 2.05) is 55.5 Å². The highest BCUT2D eigenvalue weighted by Gasteiger charge is 2.17. The third-order valence-electron chi connectivity index (χ3n) is 5.26. The maximum absolute atomic E-state index is 13.9. The summed E-state index contributed by atoms with van der Waals surface area (Å²) in [6.07, 6.45) is 1.27. The molecule has 1 heterocycles. The van der Waals surface area contributed by atoms with Crippen molar-refractivity contribution in [3.8, 4) is 11.5 Å². The minimum Gasteiger partial charge on any atom is -0.494 e. The number of hydrogen-bond acceptors (Lipinski definition) is 4. The normalized spacial score (nSPS) is 10.8. The van der Waals surface area contributed by atoms with E-state index in [2.05, 4.69) is 5.10 Å². The van der Waals surface area contributed by atoms with Gasteiger partial charge in [-0.15, -0.1) is 0 Å². The first kappa shape index (κ1) is 23.2. The first-order valence-corrected chi connectivity index (χ1v) is 11.0. The van der Waals surface area contributed by atoms with E-state index in [9.17, 15) is 13.6 Å². The summed E-state index contributed by atoms with van der Waals surface area (Å²) in [6.45, 7) is 3.32. The van der Waals surface area contributed by atoms with Gasteiger partial charge >= 0.3 is 0 Å². The molecule has 0 amide bonds. The minimum atomic E-state index is -0.744. The molecule has 0 N–H and O–H groups in total. The van der Waals surface area contributed by atoms with Crippen LogP contribution in [0.3, 0.4) is 0 Å². The second-order valence-electron chi connectivity index (χ2n) is 7.67. The van der Waals surface area contributed by atoms with Gasteiger partial charge in [-0.1, -0.05) is 36.4 Å². The van der Waals surface area contributed by atoms with Gasteiger partial charge in [0.15, 0.2) is 5.78 Å². The van der Waals surface area contributed by atoms with Crippen LogP contribution in [0.2, 0.25) is 0 Å². The van der Waals surface area contributed by atoms with Gasteiger partial charge in [0.2, 0.25) is 0 Å². The Morgan fingerprint density at radius 3 is 2.38 bits per heavy atom. The molecule has 3 aromatic carbocycles. The molecule has 0 aliphatic rings. The van der Waals surface area contributed by atoms with Crippen molar-refractivity contribution in [2.24, 2.45) is 0 Å². The van der Waals surface area contributed by atoms with Crippen LogP contribution < -0.4 is 9.47 Å². The second kappa shape index (κ2) is 10.7. The number of ether oxygens (including phenoxy) is 2. The van der Waals surface area contributed by atoms with Gasteiger partial charge in [-0.3, -0.25) is 9.48 Å². The van der Waals surface area contributed by atoms with Crippen molar-refractivity contribution in [2.75, 3.05) is 6.61 Å². The highest BCUT2D eigenvalue weighted by atomic mass is 19.1. The van der Waals surface area contributed by atoms with E-state index >= 15 is 0 Å². The summed E-state index contributed by atoms with van der Waals surface area (Å²) in [5.74, 6) is -0.429. The molecule has 0 unspecified atom stereocenters. The first-order valence-electron chi connectivity index (χ1n) is 11.0. The van der Waals surface area contributed by atoms with Gasteiger partial charge in [0, 0.05) is 23.7 Å². The Hall–Kier alpha value is -4.00. The molecule has 34 heavy (non-hydrogen) atoms. The van der Waals surface area contributed by atoms with Crippen LogP contribution in [-0.2, 0) is 19.6 Å². The summed E-state index contributed by atoms with van der Waals surface area (Å²) >= 11 is 0. The smallest absolute Gasteiger partial charge is 0.187 e. The standard InChI is InChI=1S/C27H24F2N2O3/c1-2-33-21-12-10-19(11-13-21)18-34-27-9-4-3-6-20(27)17-31-15-14-25(30-31)26(32)16-22-23(28)7-5-8-24(22)29/h3-15H,2,16-18H2,1H3. The number of para-hydroxylation sites is 1. The molecule has 5 nitrogen and oxygen atoms in total. The van der Waals surface area contributed by atoms with E-state index in [4.69, 9.17) is 9.47 Å². The van der Waals surface area contributed by atoms with Crippen molar-refractivity contribution in [3.05, 3.63) is 113 Å². The number of nitrogens with zero attached hydrogens (tertiary/aromatic N) is 2. The molecule has 1 aromatic heterocycles. The predicted octanol–water partition coefficient (Wildman–Crippen LogP) is 5.61. The van der Waals surface area contributed by atoms with Crippen molar-refractivity contribution in [1.29, 1.82) is 0 Å². The predicted molar refractivity (Wildman–Crippen MR) is 124 cm³/mol. The topological polar surface area (TPSA) is 53.4 Å². The minimum absolute atomic E-state index is 0.149. The SMILES string of the molecule is CCOc1ccc(COc2ccccc2Cn2ccc(C(=O)Cc3c(F)cccc3F)n2)cc1. The fourth-order valence-electron chi connectivity index (χ4n) is 3.51.